The van der Waals surface area contributed by atoms with Gasteiger partial charge in [-0.25, -0.2) is 0 Å². The van der Waals surface area contributed by atoms with Gasteiger partial charge < -0.3 is 5.73 Å². The molecule has 96 valence electrons. The van der Waals surface area contributed by atoms with Gasteiger partial charge in [-0.1, -0.05) is 0 Å². The molecule has 2 heterocycles. The molecule has 4 nitrogen and oxygen atoms in total. The Morgan fingerprint density at radius 2 is 2.18 bits per heavy atom. The first-order valence-electron chi connectivity index (χ1n) is 6.76. The van der Waals surface area contributed by atoms with Crippen LogP contribution in [0.25, 0.3) is 0 Å². The zero-order valence-corrected chi connectivity index (χ0v) is 10.8. The first-order valence-corrected chi connectivity index (χ1v) is 6.76. The molecular weight excluding hydrogens is 212 g/mol. The van der Waals surface area contributed by atoms with Crippen molar-refractivity contribution in [2.75, 3.05) is 19.6 Å². The van der Waals surface area contributed by atoms with Crippen molar-refractivity contribution in [2.24, 2.45) is 11.7 Å². The third-order valence-corrected chi connectivity index (χ3v) is 3.77. The zero-order chi connectivity index (χ0) is 12.1. The van der Waals surface area contributed by atoms with Crippen LogP contribution >= 0.6 is 0 Å². The highest BCUT2D eigenvalue weighted by molar-refractivity contribution is 5.00. The van der Waals surface area contributed by atoms with Crippen LogP contribution in [0, 0.1) is 5.92 Å². The van der Waals surface area contributed by atoms with E-state index >= 15 is 0 Å². The normalized spacial score (nSPS) is 18.7. The molecule has 1 aromatic rings. The predicted molar refractivity (Wildman–Crippen MR) is 69.6 cm³/mol. The second-order valence-electron chi connectivity index (χ2n) is 4.94. The van der Waals surface area contributed by atoms with Crippen LogP contribution in [0.3, 0.4) is 0 Å². The molecule has 1 fully saturated rings. The maximum absolute atomic E-state index is 5.62. The molecule has 0 aromatic carbocycles. The number of piperidine rings is 1. The lowest BCUT2D eigenvalue weighted by molar-refractivity contribution is 0.169. The summed E-state index contributed by atoms with van der Waals surface area (Å²) >= 11 is 0. The van der Waals surface area contributed by atoms with E-state index in [2.05, 4.69) is 27.7 Å². The quantitative estimate of drug-likeness (QED) is 0.842. The van der Waals surface area contributed by atoms with Crippen LogP contribution in [0.5, 0.6) is 0 Å². The fraction of sp³-hybridized carbons (Fsp3) is 0.769. The lowest BCUT2D eigenvalue weighted by Gasteiger charge is -2.31. The third-order valence-electron chi connectivity index (χ3n) is 3.77. The molecule has 4 heteroatoms. The largest absolute Gasteiger partial charge is 0.330 e. The predicted octanol–water partition coefficient (Wildman–Crippen LogP) is 1.46. The maximum atomic E-state index is 5.62. The first kappa shape index (κ1) is 12.6. The Bertz CT molecular complexity index is 326. The summed E-state index contributed by atoms with van der Waals surface area (Å²) in [7, 11) is 0. The minimum atomic E-state index is 0.841. The van der Waals surface area contributed by atoms with E-state index in [0.717, 1.165) is 25.6 Å². The minimum Gasteiger partial charge on any atom is -0.330 e. The van der Waals surface area contributed by atoms with Gasteiger partial charge in [-0.15, -0.1) is 0 Å². The summed E-state index contributed by atoms with van der Waals surface area (Å²) in [5, 5.41) is 4.32. The van der Waals surface area contributed by atoms with Crippen molar-refractivity contribution < 1.29 is 0 Å². The average molecular weight is 236 g/mol. The number of aryl methyl sites for hydroxylation is 1. The molecule has 1 saturated heterocycles. The standard InChI is InChI=1S/C13H24N4/c1-2-17-13(4-8-15-17)11-16-9-5-12(3-7-14)6-10-16/h4,8,12H,2-3,5-7,9-11,14H2,1H3. The molecule has 0 atom stereocenters. The van der Waals surface area contributed by atoms with Crippen molar-refractivity contribution in [3.8, 4) is 0 Å². The molecule has 1 aromatic heterocycles. The summed E-state index contributed by atoms with van der Waals surface area (Å²) in [6, 6.07) is 2.13. The Labute approximate surface area is 104 Å². The first-order chi connectivity index (χ1) is 8.33. The Kier molecular flexibility index (Phi) is 4.57. The van der Waals surface area contributed by atoms with Gasteiger partial charge in [0.1, 0.15) is 0 Å². The van der Waals surface area contributed by atoms with Gasteiger partial charge in [-0.3, -0.25) is 9.58 Å². The molecule has 17 heavy (non-hydrogen) atoms. The van der Waals surface area contributed by atoms with E-state index in [1.165, 1.54) is 38.0 Å². The smallest absolute Gasteiger partial charge is 0.0524 e. The summed E-state index contributed by atoms with van der Waals surface area (Å²) in [6.45, 7) is 7.41. The Balaban J connectivity index is 1.82. The van der Waals surface area contributed by atoms with Crippen molar-refractivity contribution in [1.29, 1.82) is 0 Å². The van der Waals surface area contributed by atoms with E-state index in [9.17, 15) is 0 Å². The number of nitrogens with zero attached hydrogens (tertiary/aromatic N) is 3. The second-order valence-corrected chi connectivity index (χ2v) is 4.94. The number of hydrogen-bond donors (Lipinski definition) is 1. The summed E-state index contributed by atoms with van der Waals surface area (Å²) in [5.74, 6) is 0.854. The summed E-state index contributed by atoms with van der Waals surface area (Å²) in [5.41, 5.74) is 6.95. The number of hydrogen-bond acceptors (Lipinski definition) is 3. The van der Waals surface area contributed by atoms with Gasteiger partial charge in [-0.05, 0) is 57.8 Å². The Hall–Kier alpha value is -0.870. The lowest BCUT2D eigenvalue weighted by atomic mass is 9.93. The van der Waals surface area contributed by atoms with Crippen LogP contribution in [0.1, 0.15) is 31.9 Å². The van der Waals surface area contributed by atoms with Gasteiger partial charge in [0.25, 0.3) is 0 Å². The van der Waals surface area contributed by atoms with Crippen LogP contribution in [-0.4, -0.2) is 34.3 Å². The van der Waals surface area contributed by atoms with Gasteiger partial charge in [0.15, 0.2) is 0 Å². The van der Waals surface area contributed by atoms with Crippen LogP contribution < -0.4 is 5.73 Å². The van der Waals surface area contributed by atoms with Gasteiger partial charge in [0.2, 0.25) is 0 Å². The van der Waals surface area contributed by atoms with Gasteiger partial charge in [0, 0.05) is 19.3 Å². The second kappa shape index (κ2) is 6.17. The number of aromatic nitrogens is 2. The topological polar surface area (TPSA) is 47.1 Å². The molecule has 0 radical (unpaired) electrons. The highest BCUT2D eigenvalue weighted by Crippen LogP contribution is 2.21. The fourth-order valence-electron chi connectivity index (χ4n) is 2.68. The van der Waals surface area contributed by atoms with Crippen LogP contribution in [0.4, 0.5) is 0 Å². The van der Waals surface area contributed by atoms with Crippen LogP contribution in [0.2, 0.25) is 0 Å². The molecule has 2 rings (SSSR count). The van der Waals surface area contributed by atoms with E-state index in [-0.39, 0.29) is 0 Å². The molecule has 0 saturated carbocycles. The molecular formula is C13H24N4. The van der Waals surface area contributed by atoms with Crippen LogP contribution in [-0.2, 0) is 13.1 Å². The average Bonchev–Trinajstić information content (AvgIpc) is 2.79. The fourth-order valence-corrected chi connectivity index (χ4v) is 2.68. The van der Waals surface area contributed by atoms with E-state index in [4.69, 9.17) is 5.73 Å². The van der Waals surface area contributed by atoms with E-state index in [1.807, 2.05) is 6.20 Å². The summed E-state index contributed by atoms with van der Waals surface area (Å²) in [4.78, 5) is 2.54. The highest BCUT2D eigenvalue weighted by atomic mass is 15.3. The van der Waals surface area contributed by atoms with Gasteiger partial charge >= 0.3 is 0 Å². The Morgan fingerprint density at radius 3 is 2.82 bits per heavy atom. The molecule has 0 spiro atoms. The zero-order valence-electron chi connectivity index (χ0n) is 10.8. The number of rotatable bonds is 5. The minimum absolute atomic E-state index is 0.841. The van der Waals surface area contributed by atoms with Crippen molar-refractivity contribution in [1.82, 2.24) is 14.7 Å². The Morgan fingerprint density at radius 1 is 1.41 bits per heavy atom. The molecule has 0 bridgehead atoms. The monoisotopic (exact) mass is 236 g/mol. The van der Waals surface area contributed by atoms with E-state index in [0.29, 0.717) is 0 Å². The van der Waals surface area contributed by atoms with E-state index < -0.39 is 0 Å². The molecule has 1 aliphatic rings. The van der Waals surface area contributed by atoms with Crippen LogP contribution in [0.15, 0.2) is 12.3 Å². The highest BCUT2D eigenvalue weighted by Gasteiger charge is 2.19. The molecule has 0 aliphatic carbocycles. The third kappa shape index (κ3) is 3.30. The molecule has 1 aliphatic heterocycles. The van der Waals surface area contributed by atoms with Crippen molar-refractivity contribution in [2.45, 2.75) is 39.3 Å². The summed E-state index contributed by atoms with van der Waals surface area (Å²) in [6.07, 6.45) is 5.70. The van der Waals surface area contributed by atoms with E-state index in [1.54, 1.807) is 0 Å². The van der Waals surface area contributed by atoms with Crippen molar-refractivity contribution >= 4 is 0 Å². The summed E-state index contributed by atoms with van der Waals surface area (Å²) < 4.78 is 2.09. The number of nitrogens with two attached hydrogens (primary N) is 1. The molecule has 0 unspecified atom stereocenters. The number of likely N-dealkylation sites (tertiary alicyclic amines) is 1. The van der Waals surface area contributed by atoms with Crippen molar-refractivity contribution in [3.63, 3.8) is 0 Å². The lowest BCUT2D eigenvalue weighted by Crippen LogP contribution is -2.34. The van der Waals surface area contributed by atoms with Gasteiger partial charge in [-0.2, -0.15) is 5.10 Å². The SMILES string of the molecule is CCn1nccc1CN1CCC(CCN)CC1. The van der Waals surface area contributed by atoms with Crippen molar-refractivity contribution in [3.05, 3.63) is 18.0 Å². The molecule has 2 N–H and O–H groups in total. The molecule has 0 amide bonds. The van der Waals surface area contributed by atoms with Gasteiger partial charge in [0.05, 0.1) is 5.69 Å². The maximum Gasteiger partial charge on any atom is 0.0524 e.